The van der Waals surface area contributed by atoms with E-state index in [0.29, 0.717) is 11.5 Å². The van der Waals surface area contributed by atoms with E-state index in [1.807, 2.05) is 6.07 Å². The largest absolute Gasteiger partial charge is 0.453 e. The lowest BCUT2D eigenvalue weighted by Gasteiger charge is -2.30. The molecular weight excluding hydrogens is 318 g/mol. The van der Waals surface area contributed by atoms with Gasteiger partial charge in [0.2, 0.25) is 0 Å². The van der Waals surface area contributed by atoms with Crippen LogP contribution in [-0.2, 0) is 14.3 Å². The van der Waals surface area contributed by atoms with Crippen molar-refractivity contribution >= 4 is 17.7 Å². The van der Waals surface area contributed by atoms with E-state index in [2.05, 4.69) is 12.2 Å². The van der Waals surface area contributed by atoms with Crippen molar-refractivity contribution in [3.8, 4) is 0 Å². The van der Waals surface area contributed by atoms with Crippen LogP contribution >= 0.6 is 0 Å². The lowest BCUT2D eigenvalue weighted by Crippen LogP contribution is -2.46. The Balaban J connectivity index is 1.73. The van der Waals surface area contributed by atoms with Crippen molar-refractivity contribution in [1.82, 2.24) is 5.32 Å². The standard InChI is InChI=1S/C20H27NO4/c1-14-8-6-7-11-17(14)21-20(24)15(2)25-19(23)13-12-18(22)16-9-4-3-5-10-16/h3-5,9-10,14-15,17H,6-8,11-13H2,1-2H3,(H,21,24). The molecule has 25 heavy (non-hydrogen) atoms. The topological polar surface area (TPSA) is 72.5 Å². The van der Waals surface area contributed by atoms with Crippen LogP contribution in [0, 0.1) is 5.92 Å². The highest BCUT2D eigenvalue weighted by Gasteiger charge is 2.26. The van der Waals surface area contributed by atoms with Gasteiger partial charge in [-0.1, -0.05) is 50.1 Å². The second-order valence-electron chi connectivity index (χ2n) is 6.80. The Morgan fingerprint density at radius 2 is 1.80 bits per heavy atom. The van der Waals surface area contributed by atoms with Gasteiger partial charge >= 0.3 is 5.97 Å². The normalized spacial score (nSPS) is 21.2. The summed E-state index contributed by atoms with van der Waals surface area (Å²) in [6, 6.07) is 8.99. The fourth-order valence-corrected chi connectivity index (χ4v) is 3.12. The zero-order valence-electron chi connectivity index (χ0n) is 15.0. The van der Waals surface area contributed by atoms with Gasteiger partial charge in [0.1, 0.15) is 0 Å². The van der Waals surface area contributed by atoms with Gasteiger partial charge in [-0.25, -0.2) is 0 Å². The van der Waals surface area contributed by atoms with E-state index in [1.165, 1.54) is 6.42 Å². The molecule has 3 unspecified atom stereocenters. The second kappa shape index (κ2) is 9.35. The van der Waals surface area contributed by atoms with Gasteiger partial charge in [0.15, 0.2) is 11.9 Å². The van der Waals surface area contributed by atoms with Crippen LogP contribution in [0.5, 0.6) is 0 Å². The highest BCUT2D eigenvalue weighted by Crippen LogP contribution is 2.23. The fraction of sp³-hybridized carbons (Fsp3) is 0.550. The van der Waals surface area contributed by atoms with Crippen molar-refractivity contribution < 1.29 is 19.1 Å². The summed E-state index contributed by atoms with van der Waals surface area (Å²) < 4.78 is 5.17. The third kappa shape index (κ3) is 6.00. The SMILES string of the molecule is CC(OC(=O)CCC(=O)c1ccccc1)C(=O)NC1CCCCC1C. The molecule has 0 aliphatic heterocycles. The molecule has 5 heteroatoms. The number of ketones is 1. The molecule has 1 fully saturated rings. The number of esters is 1. The quantitative estimate of drug-likeness (QED) is 0.608. The smallest absolute Gasteiger partial charge is 0.307 e. The number of amides is 1. The molecule has 1 saturated carbocycles. The maximum Gasteiger partial charge on any atom is 0.307 e. The van der Waals surface area contributed by atoms with Crippen LogP contribution < -0.4 is 5.32 Å². The Labute approximate surface area is 149 Å². The van der Waals surface area contributed by atoms with Gasteiger partial charge in [-0.2, -0.15) is 0 Å². The first kappa shape index (κ1) is 19.2. The summed E-state index contributed by atoms with van der Waals surface area (Å²) in [5.74, 6) is -0.445. The molecule has 0 aromatic heterocycles. The zero-order valence-corrected chi connectivity index (χ0v) is 15.0. The Kier molecular flexibility index (Phi) is 7.16. The van der Waals surface area contributed by atoms with E-state index in [-0.39, 0.29) is 30.6 Å². The second-order valence-corrected chi connectivity index (χ2v) is 6.80. The number of hydrogen-bond donors (Lipinski definition) is 1. The van der Waals surface area contributed by atoms with E-state index in [1.54, 1.807) is 31.2 Å². The summed E-state index contributed by atoms with van der Waals surface area (Å²) >= 11 is 0. The van der Waals surface area contributed by atoms with Crippen molar-refractivity contribution in [2.75, 3.05) is 0 Å². The Morgan fingerprint density at radius 3 is 2.48 bits per heavy atom. The Morgan fingerprint density at radius 1 is 1.12 bits per heavy atom. The van der Waals surface area contributed by atoms with Crippen LogP contribution in [0.15, 0.2) is 30.3 Å². The average molecular weight is 345 g/mol. The summed E-state index contributed by atoms with van der Waals surface area (Å²) in [6.07, 6.45) is 3.62. The Bertz CT molecular complexity index is 599. The van der Waals surface area contributed by atoms with Crippen molar-refractivity contribution in [1.29, 1.82) is 0 Å². The van der Waals surface area contributed by atoms with E-state index >= 15 is 0 Å². The molecule has 0 radical (unpaired) electrons. The molecular formula is C20H27NO4. The minimum Gasteiger partial charge on any atom is -0.453 e. The molecule has 1 aliphatic rings. The molecule has 1 amide bonds. The van der Waals surface area contributed by atoms with Gasteiger partial charge in [-0.3, -0.25) is 14.4 Å². The first-order chi connectivity index (χ1) is 12.0. The molecule has 1 aromatic carbocycles. The van der Waals surface area contributed by atoms with Crippen LogP contribution in [0.4, 0.5) is 0 Å². The van der Waals surface area contributed by atoms with Crippen LogP contribution in [-0.4, -0.2) is 29.8 Å². The number of rotatable bonds is 7. The predicted molar refractivity (Wildman–Crippen MR) is 95.1 cm³/mol. The minimum absolute atomic E-state index is 0.0226. The molecule has 5 nitrogen and oxygen atoms in total. The third-order valence-electron chi connectivity index (χ3n) is 4.77. The number of carbonyl (C=O) groups excluding carboxylic acids is 3. The summed E-state index contributed by atoms with van der Waals surface area (Å²) in [5, 5.41) is 2.98. The highest BCUT2D eigenvalue weighted by molar-refractivity contribution is 5.97. The molecule has 1 aliphatic carbocycles. The lowest BCUT2D eigenvalue weighted by atomic mass is 9.86. The van der Waals surface area contributed by atoms with Crippen molar-refractivity contribution in [3.05, 3.63) is 35.9 Å². The summed E-state index contributed by atoms with van der Waals surface area (Å²) in [5.41, 5.74) is 0.576. The number of hydrogen-bond acceptors (Lipinski definition) is 4. The van der Waals surface area contributed by atoms with Crippen molar-refractivity contribution in [3.63, 3.8) is 0 Å². The van der Waals surface area contributed by atoms with Crippen molar-refractivity contribution in [2.24, 2.45) is 5.92 Å². The van der Waals surface area contributed by atoms with Gasteiger partial charge < -0.3 is 10.1 Å². The van der Waals surface area contributed by atoms with Crippen LogP contribution in [0.1, 0.15) is 62.7 Å². The molecule has 0 heterocycles. The van der Waals surface area contributed by atoms with Gasteiger partial charge in [0, 0.05) is 18.0 Å². The number of Topliss-reactive ketones (excluding diaryl/α,β-unsaturated/α-hetero) is 1. The van der Waals surface area contributed by atoms with E-state index in [0.717, 1.165) is 19.3 Å². The van der Waals surface area contributed by atoms with E-state index < -0.39 is 12.1 Å². The third-order valence-corrected chi connectivity index (χ3v) is 4.77. The van der Waals surface area contributed by atoms with E-state index in [9.17, 15) is 14.4 Å². The molecule has 0 saturated heterocycles. The van der Waals surface area contributed by atoms with Gasteiger partial charge in [0.25, 0.3) is 5.91 Å². The predicted octanol–water partition coefficient (Wildman–Crippen LogP) is 3.28. The fourth-order valence-electron chi connectivity index (χ4n) is 3.12. The first-order valence-corrected chi connectivity index (χ1v) is 9.05. The minimum atomic E-state index is -0.839. The number of nitrogens with one attached hydrogen (secondary N) is 1. The highest BCUT2D eigenvalue weighted by atomic mass is 16.5. The molecule has 2 rings (SSSR count). The summed E-state index contributed by atoms with van der Waals surface area (Å²) in [4.78, 5) is 36.1. The number of carbonyl (C=O) groups is 3. The maximum absolute atomic E-state index is 12.2. The van der Waals surface area contributed by atoms with Crippen LogP contribution in [0.2, 0.25) is 0 Å². The molecule has 1 aromatic rings. The van der Waals surface area contributed by atoms with Gasteiger partial charge in [-0.15, -0.1) is 0 Å². The van der Waals surface area contributed by atoms with Gasteiger partial charge in [-0.05, 0) is 25.7 Å². The van der Waals surface area contributed by atoms with E-state index in [4.69, 9.17) is 4.74 Å². The number of benzene rings is 1. The van der Waals surface area contributed by atoms with Gasteiger partial charge in [0.05, 0.1) is 6.42 Å². The molecule has 0 spiro atoms. The molecule has 0 bridgehead atoms. The van der Waals surface area contributed by atoms with Crippen LogP contribution in [0.25, 0.3) is 0 Å². The maximum atomic E-state index is 12.2. The summed E-state index contributed by atoms with van der Waals surface area (Å²) in [7, 11) is 0. The molecule has 1 N–H and O–H groups in total. The number of ether oxygens (including phenoxy) is 1. The lowest BCUT2D eigenvalue weighted by molar-refractivity contribution is -0.155. The first-order valence-electron chi connectivity index (χ1n) is 9.05. The van der Waals surface area contributed by atoms with Crippen molar-refractivity contribution in [2.45, 2.75) is 64.5 Å². The monoisotopic (exact) mass is 345 g/mol. The summed E-state index contributed by atoms with van der Waals surface area (Å²) in [6.45, 7) is 3.70. The average Bonchev–Trinajstić information content (AvgIpc) is 2.62. The zero-order chi connectivity index (χ0) is 18.2. The van der Waals surface area contributed by atoms with Crippen LogP contribution in [0.3, 0.4) is 0 Å². The molecule has 3 atom stereocenters. The molecule has 136 valence electrons. The Hall–Kier alpha value is -2.17.